The molecule has 1 aromatic heterocycles. The third kappa shape index (κ3) is 7.01. The zero-order chi connectivity index (χ0) is 23.8. The zero-order valence-electron chi connectivity index (χ0n) is 19.7. The van der Waals surface area contributed by atoms with Gasteiger partial charge in [-0.3, -0.25) is 14.6 Å². The molecule has 2 aromatic rings. The molecule has 1 aromatic carbocycles. The molecule has 1 atom stereocenters. The van der Waals surface area contributed by atoms with E-state index in [1.54, 1.807) is 17.3 Å². The van der Waals surface area contributed by atoms with Crippen molar-refractivity contribution in [3.8, 4) is 5.75 Å². The molecule has 0 unspecified atom stereocenters. The first-order valence-corrected chi connectivity index (χ1v) is 11.9. The van der Waals surface area contributed by atoms with E-state index in [1.165, 1.54) is 0 Å². The Balaban J connectivity index is 1.41. The van der Waals surface area contributed by atoms with Crippen molar-refractivity contribution >= 4 is 11.8 Å². The summed E-state index contributed by atoms with van der Waals surface area (Å²) in [6.45, 7) is 5.21. The highest BCUT2D eigenvalue weighted by atomic mass is 16.5. The summed E-state index contributed by atoms with van der Waals surface area (Å²) < 4.78 is 17.3. The molecule has 0 N–H and O–H groups in total. The summed E-state index contributed by atoms with van der Waals surface area (Å²) in [5.41, 5.74) is 2.07. The highest BCUT2D eigenvalue weighted by Gasteiger charge is 2.32. The van der Waals surface area contributed by atoms with Gasteiger partial charge in [0.1, 0.15) is 5.75 Å². The number of hydrogen-bond donors (Lipinski definition) is 0. The van der Waals surface area contributed by atoms with Gasteiger partial charge in [-0.15, -0.1) is 0 Å². The molecule has 2 fully saturated rings. The SMILES string of the molecule is Cc1ccc(OCC(=O)N2CC(=O)N(CC3CCOCC3)C[C@@H](OCc3cccnc3)C2)cc1. The molecule has 0 aliphatic carbocycles. The van der Waals surface area contributed by atoms with Crippen LogP contribution in [0, 0.1) is 12.8 Å². The maximum Gasteiger partial charge on any atom is 0.261 e. The predicted octanol–water partition coefficient (Wildman–Crippen LogP) is 2.45. The Morgan fingerprint density at radius 3 is 2.68 bits per heavy atom. The van der Waals surface area contributed by atoms with Gasteiger partial charge in [-0.1, -0.05) is 23.8 Å². The number of aromatic nitrogens is 1. The molecule has 182 valence electrons. The van der Waals surface area contributed by atoms with Gasteiger partial charge in [0.15, 0.2) is 6.61 Å². The molecule has 4 rings (SSSR count). The van der Waals surface area contributed by atoms with Gasteiger partial charge in [-0.2, -0.15) is 0 Å². The molecular formula is C26H33N3O5. The molecule has 34 heavy (non-hydrogen) atoms. The van der Waals surface area contributed by atoms with E-state index in [0.717, 1.165) is 37.2 Å². The fraction of sp³-hybridized carbons (Fsp3) is 0.500. The number of pyridine rings is 1. The molecule has 3 heterocycles. The summed E-state index contributed by atoms with van der Waals surface area (Å²) in [5.74, 6) is 0.758. The van der Waals surface area contributed by atoms with E-state index in [2.05, 4.69) is 4.98 Å². The smallest absolute Gasteiger partial charge is 0.261 e. The van der Waals surface area contributed by atoms with E-state index < -0.39 is 0 Å². The van der Waals surface area contributed by atoms with Crippen LogP contribution in [0.2, 0.25) is 0 Å². The van der Waals surface area contributed by atoms with Crippen molar-refractivity contribution in [3.63, 3.8) is 0 Å². The van der Waals surface area contributed by atoms with Crippen LogP contribution in [0.15, 0.2) is 48.8 Å². The Bertz CT molecular complexity index is 931. The van der Waals surface area contributed by atoms with E-state index >= 15 is 0 Å². The summed E-state index contributed by atoms with van der Waals surface area (Å²) in [6.07, 6.45) is 5.07. The van der Waals surface area contributed by atoms with Gasteiger partial charge < -0.3 is 24.0 Å². The first-order chi connectivity index (χ1) is 16.6. The lowest BCUT2D eigenvalue weighted by Crippen LogP contribution is -2.43. The van der Waals surface area contributed by atoms with Gasteiger partial charge in [-0.05, 0) is 49.4 Å². The lowest BCUT2D eigenvalue weighted by Gasteiger charge is -2.30. The largest absolute Gasteiger partial charge is 0.484 e. The summed E-state index contributed by atoms with van der Waals surface area (Å²) in [5, 5.41) is 0. The fourth-order valence-corrected chi connectivity index (χ4v) is 4.26. The van der Waals surface area contributed by atoms with Crippen LogP contribution in [0.5, 0.6) is 5.75 Å². The van der Waals surface area contributed by atoms with Crippen LogP contribution < -0.4 is 4.74 Å². The van der Waals surface area contributed by atoms with Crippen molar-refractivity contribution in [1.29, 1.82) is 0 Å². The summed E-state index contributed by atoms with van der Waals surface area (Å²) in [7, 11) is 0. The molecule has 0 saturated carbocycles. The molecule has 8 heteroatoms. The van der Waals surface area contributed by atoms with Crippen LogP contribution in [0.4, 0.5) is 0 Å². The van der Waals surface area contributed by atoms with E-state index in [-0.39, 0.29) is 31.1 Å². The Morgan fingerprint density at radius 1 is 1.15 bits per heavy atom. The summed E-state index contributed by atoms with van der Waals surface area (Å²) in [4.78, 5) is 33.7. The molecule has 0 radical (unpaired) electrons. The Morgan fingerprint density at radius 2 is 1.94 bits per heavy atom. The number of hydrogen-bond acceptors (Lipinski definition) is 6. The zero-order valence-corrected chi connectivity index (χ0v) is 19.7. The third-order valence-electron chi connectivity index (χ3n) is 6.29. The average Bonchev–Trinajstić information content (AvgIpc) is 3.02. The molecule has 8 nitrogen and oxygen atoms in total. The minimum absolute atomic E-state index is 0.0338. The average molecular weight is 468 g/mol. The Kier molecular flexibility index (Phi) is 8.49. The normalized spacial score (nSPS) is 19.7. The van der Waals surface area contributed by atoms with Crippen LogP contribution in [0.1, 0.15) is 24.0 Å². The van der Waals surface area contributed by atoms with Gasteiger partial charge in [-0.25, -0.2) is 0 Å². The van der Waals surface area contributed by atoms with Gasteiger partial charge in [0.25, 0.3) is 5.91 Å². The minimum Gasteiger partial charge on any atom is -0.484 e. The standard InChI is InChI=1S/C26H33N3O5/c1-20-4-6-23(7-5-20)34-19-26(31)29-16-24(33-18-22-3-2-10-27-13-22)15-28(25(30)17-29)14-21-8-11-32-12-9-21/h2-7,10,13,21,24H,8-9,11-12,14-19H2,1H3/t24-/m1/s1. The molecule has 0 spiro atoms. The van der Waals surface area contributed by atoms with Crippen molar-refractivity contribution in [1.82, 2.24) is 14.8 Å². The number of ether oxygens (including phenoxy) is 3. The first kappa shape index (κ1) is 24.2. The van der Waals surface area contributed by atoms with Crippen molar-refractivity contribution in [2.75, 3.05) is 46.0 Å². The van der Waals surface area contributed by atoms with Crippen molar-refractivity contribution in [3.05, 3.63) is 59.9 Å². The third-order valence-corrected chi connectivity index (χ3v) is 6.29. The number of benzene rings is 1. The number of aryl methyl sites for hydroxylation is 1. The van der Waals surface area contributed by atoms with Gasteiger partial charge >= 0.3 is 0 Å². The number of amides is 2. The van der Waals surface area contributed by atoms with Crippen LogP contribution in [-0.4, -0.2) is 78.7 Å². The van der Waals surface area contributed by atoms with Gasteiger partial charge in [0, 0.05) is 45.2 Å². The lowest BCUT2D eigenvalue weighted by atomic mass is 9.99. The van der Waals surface area contributed by atoms with Crippen LogP contribution in [0.25, 0.3) is 0 Å². The second kappa shape index (κ2) is 11.9. The van der Waals surface area contributed by atoms with Crippen LogP contribution in [-0.2, 0) is 25.7 Å². The first-order valence-electron chi connectivity index (χ1n) is 11.9. The monoisotopic (exact) mass is 467 g/mol. The van der Waals surface area contributed by atoms with Crippen molar-refractivity contribution < 1.29 is 23.8 Å². The Labute approximate surface area is 200 Å². The fourth-order valence-electron chi connectivity index (χ4n) is 4.26. The summed E-state index contributed by atoms with van der Waals surface area (Å²) >= 11 is 0. The second-order valence-electron chi connectivity index (χ2n) is 9.02. The molecular weight excluding hydrogens is 434 g/mol. The van der Waals surface area contributed by atoms with E-state index in [1.807, 2.05) is 48.2 Å². The van der Waals surface area contributed by atoms with Crippen molar-refractivity contribution in [2.24, 2.45) is 5.92 Å². The van der Waals surface area contributed by atoms with Crippen LogP contribution in [0.3, 0.4) is 0 Å². The number of rotatable bonds is 8. The van der Waals surface area contributed by atoms with Crippen LogP contribution >= 0.6 is 0 Å². The highest BCUT2D eigenvalue weighted by Crippen LogP contribution is 2.19. The molecule has 0 bridgehead atoms. The second-order valence-corrected chi connectivity index (χ2v) is 9.02. The molecule has 2 aliphatic rings. The topological polar surface area (TPSA) is 81.2 Å². The maximum atomic E-state index is 13.1. The molecule has 2 amide bonds. The quantitative estimate of drug-likeness (QED) is 0.593. The summed E-state index contributed by atoms with van der Waals surface area (Å²) in [6, 6.07) is 11.4. The van der Waals surface area contributed by atoms with Crippen molar-refractivity contribution in [2.45, 2.75) is 32.5 Å². The highest BCUT2D eigenvalue weighted by molar-refractivity contribution is 5.86. The minimum atomic E-state index is -0.296. The lowest BCUT2D eigenvalue weighted by molar-refractivity contribution is -0.140. The van der Waals surface area contributed by atoms with E-state index in [0.29, 0.717) is 37.9 Å². The molecule has 2 saturated heterocycles. The van der Waals surface area contributed by atoms with E-state index in [4.69, 9.17) is 14.2 Å². The predicted molar refractivity (Wildman–Crippen MR) is 126 cm³/mol. The molecule has 2 aliphatic heterocycles. The van der Waals surface area contributed by atoms with E-state index in [9.17, 15) is 9.59 Å². The number of carbonyl (C=O) groups excluding carboxylic acids is 2. The van der Waals surface area contributed by atoms with Gasteiger partial charge in [0.05, 0.1) is 19.3 Å². The number of nitrogens with zero attached hydrogens (tertiary/aromatic N) is 3. The number of carbonyl (C=O) groups is 2. The maximum absolute atomic E-state index is 13.1. The Hall–Kier alpha value is -2.97. The van der Waals surface area contributed by atoms with Gasteiger partial charge in [0.2, 0.25) is 5.91 Å².